The number of carbonyl (C=O) groups is 2. The Labute approximate surface area is 154 Å². The highest BCUT2D eigenvalue weighted by atomic mass is 16.2. The number of hydrogen-bond acceptors (Lipinski definition) is 2. The topological polar surface area (TPSA) is 41.7 Å². The summed E-state index contributed by atoms with van der Waals surface area (Å²) in [6, 6.07) is 9.58. The van der Waals surface area contributed by atoms with Crippen LogP contribution < -0.4 is 0 Å². The van der Waals surface area contributed by atoms with E-state index >= 15 is 0 Å². The summed E-state index contributed by atoms with van der Waals surface area (Å²) in [5.74, 6) is 0.382. The van der Waals surface area contributed by atoms with E-state index in [0.29, 0.717) is 12.5 Å². The minimum absolute atomic E-state index is 0.00479. The number of nitrogens with zero attached hydrogens (tertiary/aromatic N) is 2. The number of benzene rings is 1. The fourth-order valence-corrected chi connectivity index (χ4v) is 4.33. The molecule has 1 aromatic carbocycles. The van der Waals surface area contributed by atoms with Gasteiger partial charge in [-0.3, -0.25) is 4.79 Å². The van der Waals surface area contributed by atoms with Crippen LogP contribution in [0.15, 0.2) is 53.8 Å². The molecule has 132 valence electrons. The lowest BCUT2D eigenvalue weighted by Gasteiger charge is -2.48. The van der Waals surface area contributed by atoms with Crippen LogP contribution in [0.4, 0.5) is 0 Å². The van der Waals surface area contributed by atoms with E-state index in [1.165, 1.54) is 12.8 Å². The molecule has 0 unspecified atom stereocenters. The summed E-state index contributed by atoms with van der Waals surface area (Å²) in [5.41, 5.74) is -0.209. The summed E-state index contributed by atoms with van der Waals surface area (Å²) in [6.45, 7) is 12.5. The predicted molar refractivity (Wildman–Crippen MR) is 99.0 cm³/mol. The molecule has 4 rings (SSSR count). The Kier molecular flexibility index (Phi) is 3.66. The van der Waals surface area contributed by atoms with Crippen molar-refractivity contribution in [2.24, 2.45) is 11.3 Å². The molecule has 0 spiro atoms. The summed E-state index contributed by atoms with van der Waals surface area (Å²) in [4.78, 5) is 31.9. The number of ketones is 1. The van der Waals surface area contributed by atoms with E-state index in [1.54, 1.807) is 6.08 Å². The van der Waals surface area contributed by atoms with Gasteiger partial charge in [-0.1, -0.05) is 56.3 Å². The van der Waals surface area contributed by atoms with Crippen molar-refractivity contribution in [1.29, 1.82) is 0 Å². The average Bonchev–Trinajstić information content (AvgIpc) is 3.46. The molecule has 4 nitrogen and oxygen atoms in total. The third-order valence-electron chi connectivity index (χ3n) is 5.92. The lowest BCUT2D eigenvalue weighted by Crippen LogP contribution is -2.56. The van der Waals surface area contributed by atoms with Crippen molar-refractivity contribution in [2.45, 2.75) is 32.1 Å². The first kappa shape index (κ1) is 16.8. The van der Waals surface area contributed by atoms with Crippen LogP contribution in [0.3, 0.4) is 0 Å². The van der Waals surface area contributed by atoms with Gasteiger partial charge in [0.15, 0.2) is 5.78 Å². The standard InChI is InChI=1S/C22H22N2O2/c1-21(2)18-11-12-24(14-15-9-10-15)20(26)22(18,13-17(23-3)19(21)25)16-7-5-4-6-8-16/h4-8,11,13,15H,9-10,12,14H2,1-2H3/t22-/m0/s1. The first-order valence-electron chi connectivity index (χ1n) is 9.12. The fourth-order valence-electron chi connectivity index (χ4n) is 4.33. The summed E-state index contributed by atoms with van der Waals surface area (Å²) in [6.07, 6.45) is 6.01. The first-order valence-corrected chi connectivity index (χ1v) is 9.12. The van der Waals surface area contributed by atoms with E-state index in [2.05, 4.69) is 4.85 Å². The van der Waals surface area contributed by atoms with Crippen molar-refractivity contribution in [2.75, 3.05) is 13.1 Å². The van der Waals surface area contributed by atoms with Gasteiger partial charge in [0, 0.05) is 18.5 Å². The zero-order valence-electron chi connectivity index (χ0n) is 15.2. The molecule has 2 aliphatic carbocycles. The Morgan fingerprint density at radius 3 is 2.50 bits per heavy atom. The molecule has 1 heterocycles. The minimum atomic E-state index is -1.05. The molecular weight excluding hydrogens is 324 g/mol. The molecule has 1 saturated carbocycles. The van der Waals surface area contributed by atoms with E-state index in [0.717, 1.165) is 17.7 Å². The lowest BCUT2D eigenvalue weighted by atomic mass is 9.57. The molecule has 26 heavy (non-hydrogen) atoms. The van der Waals surface area contributed by atoms with Gasteiger partial charge < -0.3 is 9.69 Å². The van der Waals surface area contributed by atoms with Crippen molar-refractivity contribution >= 4 is 11.7 Å². The van der Waals surface area contributed by atoms with Crippen LogP contribution in [0.2, 0.25) is 0 Å². The Hall–Kier alpha value is -2.67. The molecule has 0 bridgehead atoms. The highest BCUT2D eigenvalue weighted by molar-refractivity contribution is 6.10. The second kappa shape index (κ2) is 5.67. The number of carbonyl (C=O) groups excluding carboxylic acids is 2. The van der Waals surface area contributed by atoms with Crippen molar-refractivity contribution in [3.8, 4) is 0 Å². The highest BCUT2D eigenvalue weighted by Gasteiger charge is 2.56. The number of amides is 1. The van der Waals surface area contributed by atoms with E-state index in [9.17, 15) is 9.59 Å². The minimum Gasteiger partial charge on any atom is -0.337 e. The van der Waals surface area contributed by atoms with Crippen molar-refractivity contribution in [3.63, 3.8) is 0 Å². The van der Waals surface area contributed by atoms with Crippen LogP contribution in [0, 0.1) is 17.9 Å². The van der Waals surface area contributed by atoms with Gasteiger partial charge in [-0.05, 0) is 29.9 Å². The average molecular weight is 346 g/mol. The molecule has 0 radical (unpaired) electrons. The molecule has 1 aromatic rings. The SMILES string of the molecule is [C-]#[N+]C1=C[C@@]2(c3ccccc3)C(=O)N(CC3CC3)CC=C2C(C)(C)C1=O. The third-order valence-corrected chi connectivity index (χ3v) is 5.92. The van der Waals surface area contributed by atoms with Crippen LogP contribution in [-0.4, -0.2) is 29.7 Å². The van der Waals surface area contributed by atoms with E-state index < -0.39 is 10.8 Å². The van der Waals surface area contributed by atoms with Gasteiger partial charge in [0.1, 0.15) is 5.41 Å². The third kappa shape index (κ3) is 2.27. The Balaban J connectivity index is 1.97. The quantitative estimate of drug-likeness (QED) is 0.621. The van der Waals surface area contributed by atoms with Gasteiger partial charge in [-0.25, -0.2) is 4.85 Å². The first-order chi connectivity index (χ1) is 12.4. The maximum atomic E-state index is 13.7. The number of fused-ring (bicyclic) bond motifs is 1. The molecule has 0 aromatic heterocycles. The molecule has 1 amide bonds. The fraction of sp³-hybridized carbons (Fsp3) is 0.409. The van der Waals surface area contributed by atoms with Crippen LogP contribution >= 0.6 is 0 Å². The zero-order chi connectivity index (χ0) is 18.5. The largest absolute Gasteiger partial charge is 0.337 e. The molecular formula is C22H22N2O2. The van der Waals surface area contributed by atoms with Gasteiger partial charge in [-0.2, -0.15) is 0 Å². The number of allylic oxidation sites excluding steroid dienone is 1. The van der Waals surface area contributed by atoms with Crippen molar-refractivity contribution in [1.82, 2.24) is 4.90 Å². The second-order valence-corrected chi connectivity index (χ2v) is 8.04. The summed E-state index contributed by atoms with van der Waals surface area (Å²) in [5, 5.41) is 0. The van der Waals surface area contributed by atoms with Crippen molar-refractivity contribution < 1.29 is 9.59 Å². The zero-order valence-corrected chi connectivity index (χ0v) is 15.2. The molecule has 0 saturated heterocycles. The van der Waals surface area contributed by atoms with Gasteiger partial charge in [0.05, 0.1) is 6.57 Å². The van der Waals surface area contributed by atoms with Gasteiger partial charge in [0.2, 0.25) is 11.6 Å². The van der Waals surface area contributed by atoms with Crippen LogP contribution in [0.25, 0.3) is 4.85 Å². The molecule has 1 fully saturated rings. The number of rotatable bonds is 3. The molecule has 3 aliphatic rings. The number of Topliss-reactive ketones (excluding diaryl/α,β-unsaturated/α-hetero) is 1. The van der Waals surface area contributed by atoms with Crippen LogP contribution in [-0.2, 0) is 15.0 Å². The van der Waals surface area contributed by atoms with Gasteiger partial charge in [0.25, 0.3) is 0 Å². The van der Waals surface area contributed by atoms with Gasteiger partial charge in [-0.15, -0.1) is 0 Å². The molecule has 4 heteroatoms. The second-order valence-electron chi connectivity index (χ2n) is 8.04. The highest BCUT2D eigenvalue weighted by Crippen LogP contribution is 2.52. The predicted octanol–water partition coefficient (Wildman–Crippen LogP) is 3.52. The molecule has 1 atom stereocenters. The normalized spacial score (nSPS) is 27.3. The molecule has 0 N–H and O–H groups in total. The smallest absolute Gasteiger partial charge is 0.240 e. The Morgan fingerprint density at radius 1 is 1.19 bits per heavy atom. The van der Waals surface area contributed by atoms with Gasteiger partial charge >= 0.3 is 0 Å². The summed E-state index contributed by atoms with van der Waals surface area (Å²) in [7, 11) is 0. The molecule has 1 aliphatic heterocycles. The summed E-state index contributed by atoms with van der Waals surface area (Å²) >= 11 is 0. The Morgan fingerprint density at radius 2 is 1.88 bits per heavy atom. The lowest BCUT2D eigenvalue weighted by molar-refractivity contribution is -0.136. The van der Waals surface area contributed by atoms with E-state index in [-0.39, 0.29) is 17.4 Å². The number of hydrogen-bond donors (Lipinski definition) is 0. The van der Waals surface area contributed by atoms with E-state index in [1.807, 2.05) is 55.2 Å². The van der Waals surface area contributed by atoms with Crippen molar-refractivity contribution in [3.05, 3.63) is 70.7 Å². The van der Waals surface area contributed by atoms with Crippen LogP contribution in [0.1, 0.15) is 32.3 Å². The maximum Gasteiger partial charge on any atom is 0.240 e. The summed E-state index contributed by atoms with van der Waals surface area (Å²) < 4.78 is 0. The monoisotopic (exact) mass is 346 g/mol. The maximum absolute atomic E-state index is 13.7. The Bertz CT molecular complexity index is 884. The van der Waals surface area contributed by atoms with E-state index in [4.69, 9.17) is 6.57 Å². The van der Waals surface area contributed by atoms with Crippen LogP contribution in [0.5, 0.6) is 0 Å².